The van der Waals surface area contributed by atoms with Crippen molar-refractivity contribution in [2.75, 3.05) is 12.4 Å². The molecule has 6 heteroatoms. The largest absolute Gasteiger partial charge is 0.497 e. The van der Waals surface area contributed by atoms with E-state index in [0.29, 0.717) is 11.4 Å². The summed E-state index contributed by atoms with van der Waals surface area (Å²) in [4.78, 5) is 14.0. The maximum absolute atomic E-state index is 14.0. The summed E-state index contributed by atoms with van der Waals surface area (Å²) in [5.74, 6) is 0.294. The molecule has 5 aromatic rings. The molecule has 0 aliphatic carbocycles. The van der Waals surface area contributed by atoms with Crippen LogP contribution in [0.3, 0.4) is 0 Å². The van der Waals surface area contributed by atoms with E-state index in [-0.39, 0.29) is 11.7 Å². The Bertz CT molecular complexity index is 1660. The monoisotopic (exact) mass is 507 g/mol. The van der Waals surface area contributed by atoms with Crippen LogP contribution in [-0.2, 0) is 13.0 Å². The van der Waals surface area contributed by atoms with Crippen LogP contribution in [0.25, 0.3) is 28.0 Å². The van der Waals surface area contributed by atoms with Crippen molar-refractivity contribution >= 4 is 17.2 Å². The minimum atomic E-state index is -0.264. The Morgan fingerprint density at radius 1 is 0.921 bits per heavy atom. The topological polar surface area (TPSA) is 47.7 Å². The van der Waals surface area contributed by atoms with Crippen molar-refractivity contribution < 1.29 is 13.9 Å². The van der Waals surface area contributed by atoms with E-state index >= 15 is 0 Å². The molecule has 0 atom stereocenters. The third-order valence-corrected chi connectivity index (χ3v) is 7.63. The summed E-state index contributed by atoms with van der Waals surface area (Å²) in [6, 6.07) is 20.4. The van der Waals surface area contributed by atoms with Gasteiger partial charge in [-0.15, -0.1) is 0 Å². The SMILES string of the molecule is COc1ccc(NC(=O)c2c(-c3ccc(C)c(C)c3)c3c4n(c(-c5ccc(F)cc5)cn24)CCCC3)cc1. The molecular weight excluding hydrogens is 477 g/mol. The van der Waals surface area contributed by atoms with Crippen LogP contribution in [0.5, 0.6) is 5.75 Å². The van der Waals surface area contributed by atoms with Gasteiger partial charge in [0.05, 0.1) is 12.8 Å². The van der Waals surface area contributed by atoms with Crippen LogP contribution in [0.4, 0.5) is 10.1 Å². The summed E-state index contributed by atoms with van der Waals surface area (Å²) in [7, 11) is 1.62. The Kier molecular flexibility index (Phi) is 6.03. The van der Waals surface area contributed by atoms with E-state index in [2.05, 4.69) is 41.9 Å². The van der Waals surface area contributed by atoms with Crippen LogP contribution in [0.1, 0.15) is 40.0 Å². The fourth-order valence-corrected chi connectivity index (χ4v) is 5.53. The fourth-order valence-electron chi connectivity index (χ4n) is 5.53. The normalized spacial score (nSPS) is 12.9. The minimum Gasteiger partial charge on any atom is -0.497 e. The van der Waals surface area contributed by atoms with Crippen molar-refractivity contribution in [2.45, 2.75) is 39.7 Å². The number of carbonyl (C=O) groups excluding carboxylic acids is 1. The molecule has 0 unspecified atom stereocenters. The van der Waals surface area contributed by atoms with Crippen molar-refractivity contribution in [1.82, 2.24) is 8.97 Å². The molecule has 38 heavy (non-hydrogen) atoms. The minimum absolute atomic E-state index is 0.173. The number of halogens is 1. The number of amides is 1. The summed E-state index contributed by atoms with van der Waals surface area (Å²) < 4.78 is 23.3. The first kappa shape index (κ1) is 24.0. The number of carbonyl (C=O) groups is 1. The average Bonchev–Trinajstić information content (AvgIpc) is 3.34. The Morgan fingerprint density at radius 3 is 2.37 bits per heavy atom. The number of ether oxygens (including phenoxy) is 1. The molecule has 1 aliphatic heterocycles. The lowest BCUT2D eigenvalue weighted by Gasteiger charge is -2.12. The van der Waals surface area contributed by atoms with E-state index in [1.807, 2.05) is 34.9 Å². The first-order valence-electron chi connectivity index (χ1n) is 13.0. The molecule has 6 rings (SSSR count). The fraction of sp³-hybridized carbons (Fsp3) is 0.219. The van der Waals surface area contributed by atoms with Gasteiger partial charge >= 0.3 is 0 Å². The highest BCUT2D eigenvalue weighted by molar-refractivity contribution is 6.10. The molecule has 0 bridgehead atoms. The van der Waals surface area contributed by atoms with Gasteiger partial charge < -0.3 is 14.6 Å². The maximum Gasteiger partial charge on any atom is 0.273 e. The molecule has 5 nitrogen and oxygen atoms in total. The van der Waals surface area contributed by atoms with Gasteiger partial charge in [0.25, 0.3) is 5.91 Å². The van der Waals surface area contributed by atoms with Crippen LogP contribution in [-0.4, -0.2) is 22.0 Å². The van der Waals surface area contributed by atoms with E-state index in [9.17, 15) is 9.18 Å². The Balaban J connectivity index is 1.59. The number of aromatic nitrogens is 2. The Hall–Kier alpha value is -4.32. The van der Waals surface area contributed by atoms with E-state index in [0.717, 1.165) is 59.6 Å². The number of anilines is 1. The standard InChI is InChI=1S/C32H30FN3O2/c1-20-7-8-23(18-21(20)2)29-27-6-4-5-17-35-28(22-9-11-24(33)12-10-22)19-36(32(27)35)30(29)31(37)34-25-13-15-26(38-3)16-14-25/h7-16,18-19H,4-6,17H2,1-3H3,(H,34,37). The molecular formula is C32H30FN3O2. The van der Waals surface area contributed by atoms with Gasteiger partial charge in [-0.3, -0.25) is 9.20 Å². The first-order chi connectivity index (χ1) is 18.4. The maximum atomic E-state index is 14.0. The number of imidazole rings is 1. The van der Waals surface area contributed by atoms with Gasteiger partial charge in [-0.2, -0.15) is 0 Å². The zero-order valence-corrected chi connectivity index (χ0v) is 21.8. The third-order valence-electron chi connectivity index (χ3n) is 7.63. The summed E-state index contributed by atoms with van der Waals surface area (Å²) in [6.07, 6.45) is 4.98. The molecule has 0 fully saturated rings. The van der Waals surface area contributed by atoms with Gasteiger partial charge in [-0.25, -0.2) is 4.39 Å². The lowest BCUT2D eigenvalue weighted by molar-refractivity contribution is 0.102. The highest BCUT2D eigenvalue weighted by Crippen LogP contribution is 2.40. The molecule has 192 valence electrons. The molecule has 1 aliphatic rings. The van der Waals surface area contributed by atoms with Crippen molar-refractivity contribution in [2.24, 2.45) is 0 Å². The number of methoxy groups -OCH3 is 1. The summed E-state index contributed by atoms with van der Waals surface area (Å²) in [6.45, 7) is 5.05. The zero-order chi connectivity index (χ0) is 26.4. The van der Waals surface area contributed by atoms with Crippen molar-refractivity contribution in [3.8, 4) is 28.1 Å². The van der Waals surface area contributed by atoms with Crippen molar-refractivity contribution in [3.63, 3.8) is 0 Å². The second kappa shape index (κ2) is 9.53. The van der Waals surface area contributed by atoms with E-state index in [4.69, 9.17) is 4.74 Å². The lowest BCUT2D eigenvalue weighted by Crippen LogP contribution is -2.15. The molecule has 1 amide bonds. The van der Waals surface area contributed by atoms with Gasteiger partial charge in [0, 0.05) is 29.6 Å². The summed E-state index contributed by atoms with van der Waals surface area (Å²) in [5, 5.41) is 3.11. The second-order valence-corrected chi connectivity index (χ2v) is 10.0. The first-order valence-corrected chi connectivity index (χ1v) is 13.0. The van der Waals surface area contributed by atoms with Crippen LogP contribution < -0.4 is 10.1 Å². The predicted molar refractivity (Wildman–Crippen MR) is 150 cm³/mol. The Labute approximate surface area is 221 Å². The van der Waals surface area contributed by atoms with Crippen LogP contribution in [0.15, 0.2) is 72.9 Å². The van der Waals surface area contributed by atoms with Crippen molar-refractivity contribution in [1.29, 1.82) is 0 Å². The number of benzene rings is 3. The predicted octanol–water partition coefficient (Wildman–Crippen LogP) is 7.43. The van der Waals surface area contributed by atoms with Crippen LogP contribution >= 0.6 is 0 Å². The van der Waals surface area contributed by atoms with Gasteiger partial charge in [-0.05, 0) is 104 Å². The van der Waals surface area contributed by atoms with Gasteiger partial charge in [0.1, 0.15) is 22.9 Å². The highest BCUT2D eigenvalue weighted by Gasteiger charge is 2.29. The number of rotatable bonds is 5. The summed E-state index contributed by atoms with van der Waals surface area (Å²) >= 11 is 0. The highest BCUT2D eigenvalue weighted by atomic mass is 19.1. The number of nitrogens with zero attached hydrogens (tertiary/aromatic N) is 2. The number of hydrogen-bond acceptors (Lipinski definition) is 2. The molecule has 3 heterocycles. The van der Waals surface area contributed by atoms with E-state index in [1.165, 1.54) is 28.8 Å². The van der Waals surface area contributed by atoms with Crippen LogP contribution in [0.2, 0.25) is 0 Å². The quantitative estimate of drug-likeness (QED) is 0.269. The number of nitrogens with one attached hydrogen (secondary N) is 1. The van der Waals surface area contributed by atoms with Gasteiger partial charge in [0.2, 0.25) is 0 Å². The smallest absolute Gasteiger partial charge is 0.273 e. The zero-order valence-electron chi connectivity index (χ0n) is 21.8. The van der Waals surface area contributed by atoms with Gasteiger partial charge in [-0.1, -0.05) is 18.2 Å². The molecule has 1 N–H and O–H groups in total. The molecule has 2 aromatic heterocycles. The Morgan fingerprint density at radius 2 is 1.66 bits per heavy atom. The van der Waals surface area contributed by atoms with E-state index < -0.39 is 0 Å². The molecule has 3 aromatic carbocycles. The molecule has 0 saturated heterocycles. The molecule has 0 saturated carbocycles. The average molecular weight is 508 g/mol. The number of hydrogen-bond donors (Lipinski definition) is 1. The van der Waals surface area contributed by atoms with Crippen molar-refractivity contribution in [3.05, 3.63) is 101 Å². The van der Waals surface area contributed by atoms with Crippen LogP contribution in [0, 0.1) is 19.7 Å². The number of aryl methyl sites for hydroxylation is 4. The molecule has 0 spiro atoms. The lowest BCUT2D eigenvalue weighted by atomic mass is 9.95. The van der Waals surface area contributed by atoms with E-state index in [1.54, 1.807) is 19.2 Å². The van der Waals surface area contributed by atoms with Gasteiger partial charge in [0.15, 0.2) is 0 Å². The summed E-state index contributed by atoms with van der Waals surface area (Å²) in [5.41, 5.74) is 9.87. The third kappa shape index (κ3) is 4.06. The molecule has 0 radical (unpaired) electrons. The second-order valence-electron chi connectivity index (χ2n) is 10.0.